The van der Waals surface area contributed by atoms with E-state index in [-0.39, 0.29) is 9.80 Å². The SMILES string of the molecule is NS(=O)(=O)c1ccc(NC(=O)CN2C(=O)S/C(=C\c3cccc(Oc4ccccc4)c3)C2=O)cc1. The van der Waals surface area contributed by atoms with Crippen LogP contribution in [-0.2, 0) is 19.6 Å². The molecule has 4 rings (SSSR count). The van der Waals surface area contributed by atoms with Crippen LogP contribution in [0.4, 0.5) is 10.5 Å². The first-order valence-electron chi connectivity index (χ1n) is 10.2. The van der Waals surface area contributed by atoms with Crippen molar-refractivity contribution in [2.45, 2.75) is 4.90 Å². The zero-order valence-corrected chi connectivity index (χ0v) is 19.7. The zero-order valence-electron chi connectivity index (χ0n) is 18.1. The number of imide groups is 1. The maximum Gasteiger partial charge on any atom is 0.294 e. The second kappa shape index (κ2) is 10.1. The van der Waals surface area contributed by atoms with E-state index in [0.29, 0.717) is 22.7 Å². The molecule has 0 bridgehead atoms. The van der Waals surface area contributed by atoms with Crippen LogP contribution in [0.2, 0.25) is 0 Å². The molecule has 9 nitrogen and oxygen atoms in total. The van der Waals surface area contributed by atoms with Gasteiger partial charge in [0.15, 0.2) is 0 Å². The largest absolute Gasteiger partial charge is 0.457 e. The number of para-hydroxylation sites is 1. The van der Waals surface area contributed by atoms with Gasteiger partial charge in [-0.05, 0) is 71.9 Å². The second-order valence-electron chi connectivity index (χ2n) is 7.37. The second-order valence-corrected chi connectivity index (χ2v) is 9.93. The van der Waals surface area contributed by atoms with Gasteiger partial charge in [-0.2, -0.15) is 0 Å². The van der Waals surface area contributed by atoms with E-state index in [1.165, 1.54) is 24.3 Å². The molecule has 3 aromatic rings. The third-order valence-electron chi connectivity index (χ3n) is 4.78. The molecule has 0 saturated carbocycles. The first-order chi connectivity index (χ1) is 16.7. The minimum absolute atomic E-state index is 0.107. The van der Waals surface area contributed by atoms with Crippen LogP contribution in [0, 0.1) is 0 Å². The highest BCUT2D eigenvalue weighted by Gasteiger charge is 2.36. The van der Waals surface area contributed by atoms with E-state index < -0.39 is 33.6 Å². The van der Waals surface area contributed by atoms with E-state index in [2.05, 4.69) is 5.32 Å². The Hall–Kier alpha value is -3.93. The quantitative estimate of drug-likeness (QED) is 0.462. The van der Waals surface area contributed by atoms with Gasteiger partial charge in [-0.15, -0.1) is 0 Å². The van der Waals surface area contributed by atoms with Crippen molar-refractivity contribution in [1.82, 2.24) is 4.90 Å². The van der Waals surface area contributed by atoms with Crippen molar-refractivity contribution in [3.05, 3.63) is 89.3 Å². The van der Waals surface area contributed by atoms with E-state index in [1.807, 2.05) is 30.3 Å². The normalized spacial score (nSPS) is 14.9. The topological polar surface area (TPSA) is 136 Å². The molecular weight excluding hydrogens is 490 g/mol. The number of sulfonamides is 1. The van der Waals surface area contributed by atoms with Gasteiger partial charge in [0, 0.05) is 5.69 Å². The summed E-state index contributed by atoms with van der Waals surface area (Å²) in [5.74, 6) is 0.0246. The molecule has 3 N–H and O–H groups in total. The smallest absolute Gasteiger partial charge is 0.294 e. The maximum atomic E-state index is 12.8. The maximum absolute atomic E-state index is 12.8. The number of benzene rings is 3. The number of thioether (sulfide) groups is 1. The van der Waals surface area contributed by atoms with Gasteiger partial charge in [0.2, 0.25) is 15.9 Å². The molecule has 0 unspecified atom stereocenters. The number of anilines is 1. The molecule has 0 aromatic heterocycles. The summed E-state index contributed by atoms with van der Waals surface area (Å²) in [6.45, 7) is -0.490. The van der Waals surface area contributed by atoms with Crippen molar-refractivity contribution in [1.29, 1.82) is 0 Å². The van der Waals surface area contributed by atoms with Crippen LogP contribution in [0.15, 0.2) is 88.7 Å². The Balaban J connectivity index is 1.41. The highest BCUT2D eigenvalue weighted by Crippen LogP contribution is 2.33. The van der Waals surface area contributed by atoms with Crippen LogP contribution >= 0.6 is 11.8 Å². The van der Waals surface area contributed by atoms with Gasteiger partial charge >= 0.3 is 0 Å². The molecule has 1 aliphatic heterocycles. The lowest BCUT2D eigenvalue weighted by molar-refractivity contribution is -0.127. The number of rotatable bonds is 7. The van der Waals surface area contributed by atoms with E-state index in [0.717, 1.165) is 16.7 Å². The Bertz CT molecular complexity index is 1420. The van der Waals surface area contributed by atoms with E-state index in [4.69, 9.17) is 9.88 Å². The molecule has 3 amide bonds. The summed E-state index contributed by atoms with van der Waals surface area (Å²) >= 11 is 0.737. The molecule has 1 fully saturated rings. The van der Waals surface area contributed by atoms with Crippen molar-refractivity contribution in [3.8, 4) is 11.5 Å². The highest BCUT2D eigenvalue weighted by molar-refractivity contribution is 8.18. The van der Waals surface area contributed by atoms with Crippen molar-refractivity contribution in [2.24, 2.45) is 5.14 Å². The van der Waals surface area contributed by atoms with Gasteiger partial charge in [-0.1, -0.05) is 30.3 Å². The Morgan fingerprint density at radius 3 is 2.34 bits per heavy atom. The number of ether oxygens (including phenoxy) is 1. The van der Waals surface area contributed by atoms with E-state index in [1.54, 1.807) is 30.3 Å². The first-order valence-corrected chi connectivity index (χ1v) is 12.6. The third-order valence-corrected chi connectivity index (χ3v) is 6.61. The minimum atomic E-state index is -3.86. The molecule has 1 heterocycles. The number of nitrogens with one attached hydrogen (secondary N) is 1. The lowest BCUT2D eigenvalue weighted by Gasteiger charge is -2.12. The number of hydrogen-bond donors (Lipinski definition) is 2. The molecule has 1 saturated heterocycles. The standard InChI is InChI=1S/C24H19N3O6S2/c25-35(31,32)20-11-9-17(10-12-20)26-22(28)15-27-23(29)21(34-24(27)30)14-16-5-4-8-19(13-16)33-18-6-2-1-3-7-18/h1-14H,15H2,(H,26,28)(H2,25,31,32)/b21-14-. The Kier molecular flexibility index (Phi) is 7.01. The van der Waals surface area contributed by atoms with Crippen molar-refractivity contribution < 1.29 is 27.5 Å². The average Bonchev–Trinajstić information content (AvgIpc) is 3.07. The first kappa shape index (κ1) is 24.2. The van der Waals surface area contributed by atoms with Gasteiger partial charge in [0.25, 0.3) is 11.1 Å². The van der Waals surface area contributed by atoms with E-state index >= 15 is 0 Å². The number of nitrogens with two attached hydrogens (primary N) is 1. The number of nitrogens with zero attached hydrogens (tertiary/aromatic N) is 1. The molecule has 11 heteroatoms. The molecular formula is C24H19N3O6S2. The zero-order chi connectivity index (χ0) is 25.0. The highest BCUT2D eigenvalue weighted by atomic mass is 32.2. The molecule has 0 aliphatic carbocycles. The summed E-state index contributed by atoms with van der Waals surface area (Å²) in [5, 5.41) is 6.99. The van der Waals surface area contributed by atoms with E-state index in [9.17, 15) is 22.8 Å². The van der Waals surface area contributed by atoms with Crippen LogP contribution < -0.4 is 15.2 Å². The third kappa shape index (κ3) is 6.15. The Morgan fingerprint density at radius 1 is 0.971 bits per heavy atom. The predicted molar refractivity (Wildman–Crippen MR) is 132 cm³/mol. The monoisotopic (exact) mass is 509 g/mol. The van der Waals surface area contributed by atoms with Gasteiger partial charge in [0.05, 0.1) is 9.80 Å². The average molecular weight is 510 g/mol. The fraction of sp³-hybridized carbons (Fsp3) is 0.0417. The van der Waals surface area contributed by atoms with Crippen LogP contribution in [0.25, 0.3) is 6.08 Å². The molecule has 0 radical (unpaired) electrons. The number of carbonyl (C=O) groups is 3. The molecule has 3 aromatic carbocycles. The summed E-state index contributed by atoms with van der Waals surface area (Å²) in [5.41, 5.74) is 0.948. The van der Waals surface area contributed by atoms with Gasteiger partial charge in [-0.25, -0.2) is 13.6 Å². The van der Waals surface area contributed by atoms with Gasteiger partial charge in [0.1, 0.15) is 18.0 Å². The minimum Gasteiger partial charge on any atom is -0.457 e. The van der Waals surface area contributed by atoms with Crippen LogP contribution in [-0.4, -0.2) is 36.9 Å². The van der Waals surface area contributed by atoms with Crippen molar-refractivity contribution >= 4 is 50.6 Å². The van der Waals surface area contributed by atoms with Crippen LogP contribution in [0.5, 0.6) is 11.5 Å². The van der Waals surface area contributed by atoms with Gasteiger partial charge in [-0.3, -0.25) is 19.3 Å². The van der Waals surface area contributed by atoms with Crippen LogP contribution in [0.1, 0.15) is 5.56 Å². The molecule has 35 heavy (non-hydrogen) atoms. The van der Waals surface area contributed by atoms with Gasteiger partial charge < -0.3 is 10.1 Å². The predicted octanol–water partition coefficient (Wildman–Crippen LogP) is 3.80. The number of carbonyl (C=O) groups excluding carboxylic acids is 3. The fourth-order valence-electron chi connectivity index (χ4n) is 3.15. The molecule has 0 atom stereocenters. The lowest BCUT2D eigenvalue weighted by atomic mass is 10.2. The lowest BCUT2D eigenvalue weighted by Crippen LogP contribution is -2.36. The Morgan fingerprint density at radius 2 is 1.66 bits per heavy atom. The fourth-order valence-corrected chi connectivity index (χ4v) is 4.51. The molecule has 0 spiro atoms. The summed E-state index contributed by atoms with van der Waals surface area (Å²) in [6.07, 6.45) is 1.56. The Labute approximate surface area is 205 Å². The van der Waals surface area contributed by atoms with Crippen LogP contribution in [0.3, 0.4) is 0 Å². The molecule has 178 valence electrons. The summed E-state index contributed by atoms with van der Waals surface area (Å²) in [7, 11) is -3.86. The molecule has 1 aliphatic rings. The summed E-state index contributed by atoms with van der Waals surface area (Å²) < 4.78 is 28.4. The van der Waals surface area contributed by atoms with Crippen molar-refractivity contribution in [3.63, 3.8) is 0 Å². The van der Waals surface area contributed by atoms with Crippen molar-refractivity contribution in [2.75, 3.05) is 11.9 Å². The number of hydrogen-bond acceptors (Lipinski definition) is 7. The number of amides is 3. The summed E-state index contributed by atoms with van der Waals surface area (Å²) in [4.78, 5) is 38.4. The summed E-state index contributed by atoms with van der Waals surface area (Å²) in [6, 6.07) is 21.5. The number of primary sulfonamides is 1.